The summed E-state index contributed by atoms with van der Waals surface area (Å²) in [5.41, 5.74) is 28.0. The molecule has 4 atom stereocenters. The van der Waals surface area contributed by atoms with Gasteiger partial charge in [0.15, 0.2) is 11.9 Å². The first kappa shape index (κ1) is 33.6. The summed E-state index contributed by atoms with van der Waals surface area (Å²) in [5.74, 6) is -3.95. The first-order valence-electron chi connectivity index (χ1n) is 12.6. The molecule has 0 saturated carbocycles. The van der Waals surface area contributed by atoms with Crippen LogP contribution >= 0.6 is 0 Å². The molecule has 0 aliphatic heterocycles. The van der Waals surface area contributed by atoms with E-state index in [1.54, 1.807) is 12.1 Å². The molecule has 4 unspecified atom stereocenters. The summed E-state index contributed by atoms with van der Waals surface area (Å²) < 4.78 is 0. The van der Waals surface area contributed by atoms with Gasteiger partial charge in [-0.05, 0) is 37.7 Å². The zero-order valence-electron chi connectivity index (χ0n) is 22.2. The number of aliphatic imine (C=N–C) groups is 2. The Bertz CT molecular complexity index is 1030. The highest BCUT2D eigenvalue weighted by Crippen LogP contribution is 2.05. The lowest BCUT2D eigenvalue weighted by atomic mass is 10.0. The van der Waals surface area contributed by atoms with Gasteiger partial charge in [-0.1, -0.05) is 30.3 Å². The monoisotopic (exact) mass is 564 g/mol. The molecule has 0 aliphatic carbocycles. The molecule has 0 aromatic heterocycles. The van der Waals surface area contributed by atoms with Crippen LogP contribution in [-0.2, 0) is 25.6 Å². The molecule has 0 aliphatic rings. The van der Waals surface area contributed by atoms with Crippen LogP contribution in [-0.4, -0.2) is 89.7 Å². The van der Waals surface area contributed by atoms with Crippen molar-refractivity contribution in [1.82, 2.24) is 16.0 Å². The molecule has 0 bridgehead atoms. The zero-order chi connectivity index (χ0) is 30.1. The largest absolute Gasteiger partial charge is 0.480 e. The summed E-state index contributed by atoms with van der Waals surface area (Å²) in [6.45, 7) is -0.516. The van der Waals surface area contributed by atoms with Gasteiger partial charge >= 0.3 is 5.97 Å². The summed E-state index contributed by atoms with van der Waals surface area (Å²) in [7, 11) is 0. The van der Waals surface area contributed by atoms with Gasteiger partial charge in [-0.2, -0.15) is 0 Å². The average molecular weight is 565 g/mol. The first-order chi connectivity index (χ1) is 18.9. The minimum absolute atomic E-state index is 0.00722. The van der Waals surface area contributed by atoms with Gasteiger partial charge in [-0.25, -0.2) is 4.79 Å². The summed E-state index contributed by atoms with van der Waals surface area (Å²) in [5, 5.41) is 26.4. The number of carboxylic acid groups (broad SMARTS) is 1. The van der Waals surface area contributed by atoms with Crippen molar-refractivity contribution in [3.63, 3.8) is 0 Å². The van der Waals surface area contributed by atoms with Gasteiger partial charge in [0.05, 0.1) is 12.6 Å². The van der Waals surface area contributed by atoms with Crippen molar-refractivity contribution in [1.29, 1.82) is 0 Å². The number of rotatable bonds is 18. The molecule has 16 heteroatoms. The minimum atomic E-state index is -1.50. The first-order valence-corrected chi connectivity index (χ1v) is 12.6. The Labute approximate surface area is 231 Å². The smallest absolute Gasteiger partial charge is 0.326 e. The van der Waals surface area contributed by atoms with E-state index in [1.165, 1.54) is 0 Å². The Morgan fingerprint density at radius 1 is 0.750 bits per heavy atom. The van der Waals surface area contributed by atoms with Crippen LogP contribution < -0.4 is 44.6 Å². The molecule has 222 valence electrons. The van der Waals surface area contributed by atoms with Crippen molar-refractivity contribution in [2.45, 2.75) is 56.3 Å². The standard InChI is InChI=1S/C24H40N10O6/c25-15(12-14-6-2-1-3-7-14)19(36)32-16(8-4-10-30-23(26)27)20(37)34-18(13-35)21(38)33-17(22(39)40)9-5-11-31-24(28)29/h1-3,6-7,15-18,35H,4-5,8-13,25H2,(H,32,36)(H,33,38)(H,34,37)(H,39,40)(H4,26,27,30)(H4,28,29,31). The second-order valence-corrected chi connectivity index (χ2v) is 8.90. The van der Waals surface area contributed by atoms with Crippen molar-refractivity contribution in [2.24, 2.45) is 38.7 Å². The summed E-state index contributed by atoms with van der Waals surface area (Å²) in [6, 6.07) is 4.11. The number of carboxylic acids is 1. The Morgan fingerprint density at radius 2 is 1.23 bits per heavy atom. The van der Waals surface area contributed by atoms with Crippen LogP contribution in [0.4, 0.5) is 0 Å². The molecule has 0 radical (unpaired) electrons. The van der Waals surface area contributed by atoms with E-state index in [0.29, 0.717) is 0 Å². The number of hydrogen-bond acceptors (Lipinski definition) is 8. The van der Waals surface area contributed by atoms with E-state index in [9.17, 15) is 29.4 Å². The molecular formula is C24H40N10O6. The fraction of sp³-hybridized carbons (Fsp3) is 0.500. The minimum Gasteiger partial charge on any atom is -0.480 e. The third-order valence-corrected chi connectivity index (χ3v) is 5.59. The van der Waals surface area contributed by atoms with Gasteiger partial charge < -0.3 is 54.8 Å². The average Bonchev–Trinajstić information content (AvgIpc) is 2.90. The number of guanidine groups is 2. The van der Waals surface area contributed by atoms with Gasteiger partial charge in [0.1, 0.15) is 18.1 Å². The predicted octanol–water partition coefficient (Wildman–Crippen LogP) is -3.81. The van der Waals surface area contributed by atoms with E-state index < -0.39 is 54.5 Å². The third-order valence-electron chi connectivity index (χ3n) is 5.59. The number of nitrogens with two attached hydrogens (primary N) is 5. The van der Waals surface area contributed by atoms with Crippen LogP contribution in [0, 0.1) is 0 Å². The Hall–Kier alpha value is -4.44. The lowest BCUT2D eigenvalue weighted by Gasteiger charge is -2.24. The molecule has 1 aromatic carbocycles. The molecule has 0 fully saturated rings. The Kier molecular flexibility index (Phi) is 15.1. The molecule has 1 aromatic rings. The number of amides is 3. The number of hydrogen-bond donors (Lipinski definition) is 10. The SMILES string of the molecule is NC(N)=NCCCC(NC(=O)C(CO)NC(=O)C(CCCN=C(N)N)NC(=O)C(N)Cc1ccccc1)C(=O)O. The number of aliphatic hydroxyl groups excluding tert-OH is 1. The van der Waals surface area contributed by atoms with Crippen molar-refractivity contribution < 1.29 is 29.4 Å². The van der Waals surface area contributed by atoms with Crippen molar-refractivity contribution in [3.8, 4) is 0 Å². The maximum absolute atomic E-state index is 13.1. The second-order valence-electron chi connectivity index (χ2n) is 8.90. The number of carbonyl (C=O) groups is 4. The molecule has 0 spiro atoms. The maximum Gasteiger partial charge on any atom is 0.326 e. The van der Waals surface area contributed by atoms with Crippen LogP contribution in [0.1, 0.15) is 31.2 Å². The molecule has 16 nitrogen and oxygen atoms in total. The molecular weight excluding hydrogens is 524 g/mol. The van der Waals surface area contributed by atoms with Crippen LogP contribution in [0.3, 0.4) is 0 Å². The van der Waals surface area contributed by atoms with E-state index >= 15 is 0 Å². The van der Waals surface area contributed by atoms with Gasteiger partial charge in [-0.15, -0.1) is 0 Å². The normalized spacial score (nSPS) is 13.6. The fourth-order valence-electron chi connectivity index (χ4n) is 3.51. The fourth-order valence-corrected chi connectivity index (χ4v) is 3.51. The lowest BCUT2D eigenvalue weighted by molar-refractivity contribution is -0.142. The van der Waals surface area contributed by atoms with E-state index in [4.69, 9.17) is 28.7 Å². The van der Waals surface area contributed by atoms with Gasteiger partial charge in [0.25, 0.3) is 0 Å². The Morgan fingerprint density at radius 3 is 1.73 bits per heavy atom. The van der Waals surface area contributed by atoms with E-state index in [-0.39, 0.29) is 57.1 Å². The molecule has 0 heterocycles. The number of nitrogens with one attached hydrogen (secondary N) is 3. The number of aliphatic carboxylic acids is 1. The number of nitrogens with zero attached hydrogens (tertiary/aromatic N) is 2. The number of carbonyl (C=O) groups excluding carboxylic acids is 3. The van der Waals surface area contributed by atoms with E-state index in [1.807, 2.05) is 18.2 Å². The molecule has 3 amide bonds. The van der Waals surface area contributed by atoms with Crippen LogP contribution in [0.5, 0.6) is 0 Å². The van der Waals surface area contributed by atoms with E-state index in [0.717, 1.165) is 5.56 Å². The highest BCUT2D eigenvalue weighted by Gasteiger charge is 2.30. The quantitative estimate of drug-likeness (QED) is 0.0468. The van der Waals surface area contributed by atoms with Gasteiger partial charge in [0, 0.05) is 13.1 Å². The van der Waals surface area contributed by atoms with Crippen LogP contribution in [0.25, 0.3) is 0 Å². The number of aliphatic hydroxyl groups is 1. The molecule has 15 N–H and O–H groups in total. The predicted molar refractivity (Wildman–Crippen MR) is 148 cm³/mol. The number of benzene rings is 1. The van der Waals surface area contributed by atoms with Crippen LogP contribution in [0.2, 0.25) is 0 Å². The van der Waals surface area contributed by atoms with Gasteiger partial charge in [0.2, 0.25) is 17.7 Å². The molecule has 0 saturated heterocycles. The second kappa shape index (κ2) is 18.0. The molecule has 1 rings (SSSR count). The van der Waals surface area contributed by atoms with E-state index in [2.05, 4.69) is 25.9 Å². The highest BCUT2D eigenvalue weighted by atomic mass is 16.4. The van der Waals surface area contributed by atoms with Crippen molar-refractivity contribution in [3.05, 3.63) is 35.9 Å². The summed E-state index contributed by atoms with van der Waals surface area (Å²) in [6.07, 6.45) is 0.827. The molecule has 40 heavy (non-hydrogen) atoms. The summed E-state index contributed by atoms with van der Waals surface area (Å²) >= 11 is 0. The van der Waals surface area contributed by atoms with Crippen LogP contribution in [0.15, 0.2) is 40.3 Å². The highest BCUT2D eigenvalue weighted by molar-refractivity contribution is 5.94. The third kappa shape index (κ3) is 13.4. The zero-order valence-corrected chi connectivity index (χ0v) is 22.2. The maximum atomic E-state index is 13.1. The Balaban J connectivity index is 2.88. The van der Waals surface area contributed by atoms with Gasteiger partial charge in [-0.3, -0.25) is 24.4 Å². The van der Waals surface area contributed by atoms with Crippen molar-refractivity contribution in [2.75, 3.05) is 19.7 Å². The lowest BCUT2D eigenvalue weighted by Crippen LogP contribution is -2.58. The topological polar surface area (TPSA) is 300 Å². The summed E-state index contributed by atoms with van der Waals surface area (Å²) in [4.78, 5) is 57.7. The van der Waals surface area contributed by atoms with Crippen molar-refractivity contribution >= 4 is 35.6 Å².